The van der Waals surface area contributed by atoms with Crippen LogP contribution in [0, 0.1) is 11.8 Å². The Morgan fingerprint density at radius 3 is 2.31 bits per heavy atom. The minimum absolute atomic E-state index is 0.0108. The van der Waals surface area contributed by atoms with Crippen LogP contribution in [0.15, 0.2) is 42.5 Å². The Balaban J connectivity index is 1.39. The molecule has 2 aliphatic rings. The third-order valence-electron chi connectivity index (χ3n) is 6.23. The Hall–Kier alpha value is -2.89. The molecule has 0 saturated carbocycles. The molecule has 0 bridgehead atoms. The Morgan fingerprint density at radius 2 is 1.55 bits per heavy atom. The van der Waals surface area contributed by atoms with E-state index in [2.05, 4.69) is 0 Å². The minimum Gasteiger partial charge on any atom is -0.481 e. The number of hydrogen-bond acceptors (Lipinski definition) is 3. The van der Waals surface area contributed by atoms with Gasteiger partial charge in [0.25, 0.3) is 5.91 Å². The van der Waals surface area contributed by atoms with E-state index in [-0.39, 0.29) is 17.7 Å². The summed E-state index contributed by atoms with van der Waals surface area (Å²) in [5, 5.41) is 11.2. The monoisotopic (exact) mass is 394 g/mol. The normalized spacial score (nSPS) is 20.6. The number of carboxylic acids is 1. The topological polar surface area (TPSA) is 77.9 Å². The predicted molar refractivity (Wildman–Crippen MR) is 110 cm³/mol. The zero-order chi connectivity index (χ0) is 20.4. The average Bonchev–Trinajstić information content (AvgIpc) is 2.78. The van der Waals surface area contributed by atoms with Gasteiger partial charge in [-0.2, -0.15) is 0 Å². The average molecular weight is 394 g/mol. The fraction of sp³-hybridized carbons (Fsp3) is 0.435. The first-order valence-corrected chi connectivity index (χ1v) is 10.3. The van der Waals surface area contributed by atoms with Crippen molar-refractivity contribution < 1.29 is 19.5 Å². The van der Waals surface area contributed by atoms with E-state index >= 15 is 0 Å². The molecular formula is C23H26N2O4. The van der Waals surface area contributed by atoms with Gasteiger partial charge in [0, 0.05) is 37.7 Å². The lowest BCUT2D eigenvalue weighted by atomic mass is 9.92. The van der Waals surface area contributed by atoms with E-state index < -0.39 is 11.9 Å². The standard InChI is InChI=1S/C23H26N2O4/c26-21(25-12-4-7-18(15-25)23(28)29)17-10-13-24(14-11-17)22(27)20-9-3-6-16-5-1-2-8-19(16)20/h1-3,5-6,8-9,17-18H,4,7,10-15H2,(H,28,29). The quantitative estimate of drug-likeness (QED) is 0.868. The highest BCUT2D eigenvalue weighted by Crippen LogP contribution is 2.26. The molecule has 2 aliphatic heterocycles. The molecule has 2 fully saturated rings. The van der Waals surface area contributed by atoms with Gasteiger partial charge in [-0.3, -0.25) is 14.4 Å². The van der Waals surface area contributed by atoms with Crippen LogP contribution in [-0.4, -0.2) is 58.9 Å². The molecule has 6 nitrogen and oxygen atoms in total. The zero-order valence-electron chi connectivity index (χ0n) is 16.4. The van der Waals surface area contributed by atoms with Crippen LogP contribution in [0.5, 0.6) is 0 Å². The van der Waals surface area contributed by atoms with Gasteiger partial charge in [-0.05, 0) is 42.5 Å². The van der Waals surface area contributed by atoms with E-state index in [0.29, 0.717) is 51.0 Å². The van der Waals surface area contributed by atoms with Crippen molar-refractivity contribution in [1.82, 2.24) is 9.80 Å². The summed E-state index contributed by atoms with van der Waals surface area (Å²) in [5.74, 6) is -1.34. The molecule has 152 valence electrons. The molecule has 4 rings (SSSR count). The molecule has 29 heavy (non-hydrogen) atoms. The number of nitrogens with zero attached hydrogens (tertiary/aromatic N) is 2. The maximum atomic E-state index is 13.1. The highest BCUT2D eigenvalue weighted by atomic mass is 16.4. The van der Waals surface area contributed by atoms with Gasteiger partial charge in [-0.25, -0.2) is 0 Å². The molecule has 2 heterocycles. The van der Waals surface area contributed by atoms with Crippen LogP contribution in [0.25, 0.3) is 10.8 Å². The number of piperidine rings is 2. The van der Waals surface area contributed by atoms with Crippen LogP contribution in [0.1, 0.15) is 36.0 Å². The van der Waals surface area contributed by atoms with Gasteiger partial charge >= 0.3 is 5.97 Å². The van der Waals surface area contributed by atoms with Gasteiger partial charge in [0.05, 0.1) is 5.92 Å². The van der Waals surface area contributed by atoms with Crippen LogP contribution in [0.3, 0.4) is 0 Å². The van der Waals surface area contributed by atoms with Gasteiger partial charge in [0.2, 0.25) is 5.91 Å². The summed E-state index contributed by atoms with van der Waals surface area (Å²) in [4.78, 5) is 40.8. The van der Waals surface area contributed by atoms with E-state index in [1.165, 1.54) is 0 Å². The highest BCUT2D eigenvalue weighted by Gasteiger charge is 2.34. The van der Waals surface area contributed by atoms with Crippen LogP contribution < -0.4 is 0 Å². The Labute approximate surface area is 170 Å². The molecule has 0 spiro atoms. The molecule has 2 saturated heterocycles. The lowest BCUT2D eigenvalue weighted by Crippen LogP contribution is -2.48. The number of likely N-dealkylation sites (tertiary alicyclic amines) is 2. The predicted octanol–water partition coefficient (Wildman–Crippen LogP) is 3.02. The van der Waals surface area contributed by atoms with Gasteiger partial charge in [-0.15, -0.1) is 0 Å². The lowest BCUT2D eigenvalue weighted by molar-refractivity contribution is -0.147. The molecule has 0 aromatic heterocycles. The summed E-state index contributed by atoms with van der Waals surface area (Å²) >= 11 is 0. The first-order chi connectivity index (χ1) is 14.0. The number of carbonyl (C=O) groups excluding carboxylic acids is 2. The Bertz CT molecular complexity index is 928. The van der Waals surface area contributed by atoms with Crippen LogP contribution in [-0.2, 0) is 9.59 Å². The van der Waals surface area contributed by atoms with E-state index in [1.54, 1.807) is 4.90 Å². The molecule has 0 aliphatic carbocycles. The number of benzene rings is 2. The second-order valence-corrected chi connectivity index (χ2v) is 8.05. The SMILES string of the molecule is O=C(O)C1CCCN(C(=O)C2CCN(C(=O)c3cccc4ccccc34)CC2)C1. The third kappa shape index (κ3) is 3.97. The zero-order valence-corrected chi connectivity index (χ0v) is 16.4. The van der Waals surface area contributed by atoms with Crippen molar-refractivity contribution in [2.45, 2.75) is 25.7 Å². The largest absolute Gasteiger partial charge is 0.481 e. The molecule has 1 N–H and O–H groups in total. The third-order valence-corrected chi connectivity index (χ3v) is 6.23. The van der Waals surface area contributed by atoms with Crippen molar-refractivity contribution in [3.05, 3.63) is 48.0 Å². The number of aliphatic carboxylic acids is 1. The minimum atomic E-state index is -0.821. The van der Waals surface area contributed by atoms with E-state index in [0.717, 1.165) is 17.2 Å². The fourth-order valence-corrected chi connectivity index (χ4v) is 4.55. The van der Waals surface area contributed by atoms with Crippen molar-refractivity contribution in [2.24, 2.45) is 11.8 Å². The van der Waals surface area contributed by atoms with Crippen LogP contribution in [0.4, 0.5) is 0 Å². The summed E-state index contributed by atoms with van der Waals surface area (Å²) in [6.45, 7) is 2.05. The number of carbonyl (C=O) groups is 3. The maximum Gasteiger partial charge on any atom is 0.308 e. The number of hydrogen-bond donors (Lipinski definition) is 1. The van der Waals surface area contributed by atoms with Crippen molar-refractivity contribution in [3.8, 4) is 0 Å². The van der Waals surface area contributed by atoms with E-state index in [9.17, 15) is 19.5 Å². The molecular weight excluding hydrogens is 368 g/mol. The van der Waals surface area contributed by atoms with Crippen molar-refractivity contribution in [1.29, 1.82) is 0 Å². The number of fused-ring (bicyclic) bond motifs is 1. The molecule has 1 unspecified atom stereocenters. The molecule has 2 aromatic rings. The van der Waals surface area contributed by atoms with Gasteiger partial charge < -0.3 is 14.9 Å². The van der Waals surface area contributed by atoms with Crippen molar-refractivity contribution >= 4 is 28.6 Å². The summed E-state index contributed by atoms with van der Waals surface area (Å²) in [6, 6.07) is 13.6. The summed E-state index contributed by atoms with van der Waals surface area (Å²) < 4.78 is 0. The molecule has 1 atom stereocenters. The van der Waals surface area contributed by atoms with Crippen LogP contribution in [0.2, 0.25) is 0 Å². The van der Waals surface area contributed by atoms with Gasteiger partial charge in [0.15, 0.2) is 0 Å². The Kier molecular flexibility index (Phi) is 5.51. The smallest absolute Gasteiger partial charge is 0.308 e. The second kappa shape index (κ2) is 8.23. The first-order valence-electron chi connectivity index (χ1n) is 10.3. The van der Waals surface area contributed by atoms with E-state index in [1.807, 2.05) is 47.4 Å². The molecule has 2 aromatic carbocycles. The molecule has 0 radical (unpaired) electrons. The summed E-state index contributed by atoms with van der Waals surface area (Å²) in [7, 11) is 0. The number of rotatable bonds is 3. The number of amides is 2. The van der Waals surface area contributed by atoms with Gasteiger partial charge in [0.1, 0.15) is 0 Å². The summed E-state index contributed by atoms with van der Waals surface area (Å²) in [6.07, 6.45) is 2.63. The number of carboxylic acid groups (broad SMARTS) is 1. The maximum absolute atomic E-state index is 13.1. The van der Waals surface area contributed by atoms with Crippen molar-refractivity contribution in [3.63, 3.8) is 0 Å². The summed E-state index contributed by atoms with van der Waals surface area (Å²) in [5.41, 5.74) is 0.702. The molecule has 2 amide bonds. The van der Waals surface area contributed by atoms with Gasteiger partial charge in [-0.1, -0.05) is 36.4 Å². The van der Waals surface area contributed by atoms with Crippen molar-refractivity contribution in [2.75, 3.05) is 26.2 Å². The fourth-order valence-electron chi connectivity index (χ4n) is 4.55. The lowest BCUT2D eigenvalue weighted by Gasteiger charge is -2.37. The highest BCUT2D eigenvalue weighted by molar-refractivity contribution is 6.07. The van der Waals surface area contributed by atoms with E-state index in [4.69, 9.17) is 0 Å². The Morgan fingerprint density at radius 1 is 0.828 bits per heavy atom. The second-order valence-electron chi connectivity index (χ2n) is 8.05. The first kappa shape index (κ1) is 19.4. The molecule has 6 heteroatoms. The van der Waals surface area contributed by atoms with Crippen LogP contribution >= 0.6 is 0 Å².